The van der Waals surface area contributed by atoms with Gasteiger partial charge in [0, 0.05) is 20.3 Å². The van der Waals surface area contributed by atoms with Crippen molar-refractivity contribution in [3.63, 3.8) is 0 Å². The van der Waals surface area contributed by atoms with E-state index in [1.54, 1.807) is 40.6 Å². The van der Waals surface area contributed by atoms with Crippen LogP contribution in [0.4, 0.5) is 5.69 Å². The Bertz CT molecular complexity index is 568. The first-order chi connectivity index (χ1) is 10.2. The molecule has 0 unspecified atom stereocenters. The number of hydrogen-bond acceptors (Lipinski definition) is 5. The van der Waals surface area contributed by atoms with Gasteiger partial charge in [-0.3, -0.25) is 0 Å². The third-order valence-corrected chi connectivity index (χ3v) is 3.24. The minimum Gasteiger partial charge on any atom is -0.497 e. The van der Waals surface area contributed by atoms with Crippen molar-refractivity contribution in [2.45, 2.75) is 5.79 Å². The lowest BCUT2D eigenvalue weighted by Crippen LogP contribution is -2.32. The summed E-state index contributed by atoms with van der Waals surface area (Å²) in [4.78, 5) is 4.55. The lowest BCUT2D eigenvalue weighted by Gasteiger charge is -2.27. The molecule has 2 rings (SSSR count). The SMILES string of the molecule is COC1=CC(OC)(OC)C=CC1=Nc1ccc(OC)cc1. The summed E-state index contributed by atoms with van der Waals surface area (Å²) >= 11 is 0. The molecule has 1 aliphatic carbocycles. The Hall–Kier alpha value is -2.11. The third-order valence-electron chi connectivity index (χ3n) is 3.24. The van der Waals surface area contributed by atoms with E-state index < -0.39 is 5.79 Å². The molecule has 112 valence electrons. The normalized spacial score (nSPS) is 18.5. The van der Waals surface area contributed by atoms with Crippen LogP contribution in [0.15, 0.2) is 53.2 Å². The minimum atomic E-state index is -0.912. The van der Waals surface area contributed by atoms with Crippen molar-refractivity contribution in [3.8, 4) is 5.75 Å². The summed E-state index contributed by atoms with van der Waals surface area (Å²) in [5.41, 5.74) is 1.51. The molecular formula is C16H19NO4. The molecule has 0 bridgehead atoms. The van der Waals surface area contributed by atoms with Gasteiger partial charge in [0.15, 0.2) is 0 Å². The van der Waals surface area contributed by atoms with Gasteiger partial charge >= 0.3 is 0 Å². The summed E-state index contributed by atoms with van der Waals surface area (Å²) in [6, 6.07) is 7.47. The van der Waals surface area contributed by atoms with Crippen LogP contribution in [0.2, 0.25) is 0 Å². The van der Waals surface area contributed by atoms with Crippen LogP contribution < -0.4 is 4.74 Å². The zero-order chi connectivity index (χ0) is 15.3. The molecular weight excluding hydrogens is 270 g/mol. The van der Waals surface area contributed by atoms with E-state index in [9.17, 15) is 0 Å². The van der Waals surface area contributed by atoms with Gasteiger partial charge in [0.05, 0.1) is 19.9 Å². The summed E-state index contributed by atoms with van der Waals surface area (Å²) in [6.45, 7) is 0. The van der Waals surface area contributed by atoms with Gasteiger partial charge in [0.25, 0.3) is 0 Å². The Balaban J connectivity index is 2.31. The molecule has 0 fully saturated rings. The molecule has 0 aromatic heterocycles. The van der Waals surface area contributed by atoms with Gasteiger partial charge < -0.3 is 18.9 Å². The fourth-order valence-electron chi connectivity index (χ4n) is 1.97. The van der Waals surface area contributed by atoms with Gasteiger partial charge in [-0.05, 0) is 36.4 Å². The Morgan fingerprint density at radius 1 is 0.905 bits per heavy atom. The fraction of sp³-hybridized carbons (Fsp3) is 0.312. The molecule has 1 aromatic rings. The maximum absolute atomic E-state index is 5.37. The molecule has 0 saturated heterocycles. The molecule has 1 aromatic carbocycles. The molecule has 5 heteroatoms. The number of hydrogen-bond donors (Lipinski definition) is 0. The summed E-state index contributed by atoms with van der Waals surface area (Å²) < 4.78 is 21.2. The highest BCUT2D eigenvalue weighted by atomic mass is 16.7. The Kier molecular flexibility index (Phi) is 4.77. The van der Waals surface area contributed by atoms with Gasteiger partial charge in [0.1, 0.15) is 17.2 Å². The van der Waals surface area contributed by atoms with Crippen molar-refractivity contribution in [3.05, 3.63) is 48.3 Å². The topological polar surface area (TPSA) is 49.3 Å². The van der Waals surface area contributed by atoms with Crippen LogP contribution in [0.3, 0.4) is 0 Å². The van der Waals surface area contributed by atoms with Crippen molar-refractivity contribution in [2.75, 3.05) is 28.4 Å². The van der Waals surface area contributed by atoms with Crippen molar-refractivity contribution in [2.24, 2.45) is 4.99 Å². The van der Waals surface area contributed by atoms with Crippen molar-refractivity contribution in [1.82, 2.24) is 0 Å². The molecule has 0 saturated carbocycles. The van der Waals surface area contributed by atoms with E-state index in [1.165, 1.54) is 0 Å². The molecule has 0 spiro atoms. The van der Waals surface area contributed by atoms with E-state index >= 15 is 0 Å². The maximum Gasteiger partial charge on any atom is 0.211 e. The van der Waals surface area contributed by atoms with E-state index in [-0.39, 0.29) is 0 Å². The summed E-state index contributed by atoms with van der Waals surface area (Å²) in [5, 5.41) is 0. The summed E-state index contributed by atoms with van der Waals surface area (Å²) in [7, 11) is 6.36. The molecule has 0 atom stereocenters. The van der Waals surface area contributed by atoms with E-state index in [0.717, 1.165) is 11.4 Å². The van der Waals surface area contributed by atoms with Crippen LogP contribution in [-0.4, -0.2) is 39.9 Å². The second-order valence-corrected chi connectivity index (χ2v) is 4.37. The van der Waals surface area contributed by atoms with Gasteiger partial charge in [-0.1, -0.05) is 0 Å². The zero-order valence-corrected chi connectivity index (χ0v) is 12.6. The van der Waals surface area contributed by atoms with Gasteiger partial charge in [-0.2, -0.15) is 0 Å². The minimum absolute atomic E-state index is 0.594. The highest BCUT2D eigenvalue weighted by Crippen LogP contribution is 2.26. The first-order valence-corrected chi connectivity index (χ1v) is 6.46. The van der Waals surface area contributed by atoms with Crippen molar-refractivity contribution >= 4 is 11.4 Å². The maximum atomic E-state index is 5.37. The highest BCUT2D eigenvalue weighted by molar-refractivity contribution is 6.09. The lowest BCUT2D eigenvalue weighted by molar-refractivity contribution is -0.134. The number of allylic oxidation sites excluding steroid dienone is 1. The molecule has 5 nitrogen and oxygen atoms in total. The highest BCUT2D eigenvalue weighted by Gasteiger charge is 2.29. The zero-order valence-electron chi connectivity index (χ0n) is 12.6. The van der Waals surface area contributed by atoms with Crippen LogP contribution in [0.25, 0.3) is 0 Å². The first kappa shape index (κ1) is 15.3. The molecule has 1 aliphatic rings. The van der Waals surface area contributed by atoms with Gasteiger partial charge in [0.2, 0.25) is 5.79 Å². The Labute approximate surface area is 124 Å². The quantitative estimate of drug-likeness (QED) is 0.782. The Morgan fingerprint density at radius 3 is 2.10 bits per heavy atom. The number of nitrogens with zero attached hydrogens (tertiary/aromatic N) is 1. The molecule has 0 amide bonds. The second-order valence-electron chi connectivity index (χ2n) is 4.37. The number of methoxy groups -OCH3 is 4. The lowest BCUT2D eigenvalue weighted by atomic mass is 10.1. The third kappa shape index (κ3) is 3.32. The van der Waals surface area contributed by atoms with E-state index in [1.807, 2.05) is 30.3 Å². The van der Waals surface area contributed by atoms with Crippen LogP contribution >= 0.6 is 0 Å². The number of rotatable bonds is 5. The van der Waals surface area contributed by atoms with E-state index in [0.29, 0.717) is 11.5 Å². The molecule has 0 radical (unpaired) electrons. The average Bonchev–Trinajstić information content (AvgIpc) is 2.56. The van der Waals surface area contributed by atoms with Crippen LogP contribution in [-0.2, 0) is 14.2 Å². The first-order valence-electron chi connectivity index (χ1n) is 6.46. The predicted molar refractivity (Wildman–Crippen MR) is 81.1 cm³/mol. The van der Waals surface area contributed by atoms with Crippen molar-refractivity contribution < 1.29 is 18.9 Å². The van der Waals surface area contributed by atoms with E-state index in [4.69, 9.17) is 18.9 Å². The smallest absolute Gasteiger partial charge is 0.211 e. The van der Waals surface area contributed by atoms with E-state index in [2.05, 4.69) is 4.99 Å². The largest absolute Gasteiger partial charge is 0.497 e. The molecule has 0 heterocycles. The monoisotopic (exact) mass is 289 g/mol. The number of aliphatic imine (C=N–C) groups is 1. The number of benzene rings is 1. The standard InChI is InChI=1S/C16H19NO4/c1-18-13-7-5-12(6-8-13)17-14-9-10-16(20-3,21-4)11-15(14)19-2/h5-11H,1-4H3. The molecule has 0 N–H and O–H groups in total. The average molecular weight is 289 g/mol. The van der Waals surface area contributed by atoms with Gasteiger partial charge in [-0.25, -0.2) is 4.99 Å². The van der Waals surface area contributed by atoms with Crippen molar-refractivity contribution in [1.29, 1.82) is 0 Å². The Morgan fingerprint density at radius 2 is 1.57 bits per heavy atom. The van der Waals surface area contributed by atoms with Gasteiger partial charge in [-0.15, -0.1) is 0 Å². The predicted octanol–water partition coefficient (Wildman–Crippen LogP) is 2.86. The number of ether oxygens (including phenoxy) is 4. The second kappa shape index (κ2) is 6.56. The molecule has 21 heavy (non-hydrogen) atoms. The van der Waals surface area contributed by atoms with Crippen LogP contribution in [0, 0.1) is 0 Å². The van der Waals surface area contributed by atoms with Crippen LogP contribution in [0.5, 0.6) is 5.75 Å². The summed E-state index contributed by atoms with van der Waals surface area (Å²) in [5.74, 6) is 0.472. The molecule has 0 aliphatic heterocycles. The fourth-order valence-corrected chi connectivity index (χ4v) is 1.97. The summed E-state index contributed by atoms with van der Waals surface area (Å²) in [6.07, 6.45) is 5.35. The van der Waals surface area contributed by atoms with Crippen LogP contribution in [0.1, 0.15) is 0 Å².